The third kappa shape index (κ3) is 7.02. The van der Waals surface area contributed by atoms with Crippen molar-refractivity contribution in [2.24, 2.45) is 0 Å². The molecule has 0 aliphatic carbocycles. The Morgan fingerprint density at radius 2 is 2.00 bits per heavy atom. The number of nitrogens with zero attached hydrogens (tertiary/aromatic N) is 1. The molecule has 0 heterocycles. The minimum absolute atomic E-state index is 0.132. The Hall–Kier alpha value is -0.980. The van der Waals surface area contributed by atoms with E-state index in [-0.39, 0.29) is 18.9 Å². The van der Waals surface area contributed by atoms with E-state index in [9.17, 15) is 13.2 Å². The molecule has 0 aliphatic rings. The Morgan fingerprint density at radius 3 is 2.40 bits per heavy atom. The second kappa shape index (κ2) is 3.94. The van der Waals surface area contributed by atoms with Crippen molar-refractivity contribution >= 4 is 0 Å². The van der Waals surface area contributed by atoms with Gasteiger partial charge in [-0.2, -0.15) is 18.4 Å². The third-order valence-electron chi connectivity index (χ3n) is 0.730. The van der Waals surface area contributed by atoms with Gasteiger partial charge in [0.15, 0.2) is 0 Å². The summed E-state index contributed by atoms with van der Waals surface area (Å²) in [6.45, 7) is 0. The summed E-state index contributed by atoms with van der Waals surface area (Å²) in [4.78, 5) is 0. The van der Waals surface area contributed by atoms with Crippen molar-refractivity contribution in [3.05, 3.63) is 12.2 Å². The van der Waals surface area contributed by atoms with E-state index in [4.69, 9.17) is 5.26 Å². The zero-order valence-electron chi connectivity index (χ0n) is 5.15. The van der Waals surface area contributed by atoms with E-state index in [1.54, 1.807) is 6.07 Å². The molecule has 0 aromatic heterocycles. The van der Waals surface area contributed by atoms with Crippen LogP contribution in [0.4, 0.5) is 13.2 Å². The van der Waals surface area contributed by atoms with Crippen molar-refractivity contribution in [3.8, 4) is 6.07 Å². The molecule has 0 saturated heterocycles. The minimum Gasteiger partial charge on any atom is -0.198 e. The van der Waals surface area contributed by atoms with E-state index >= 15 is 0 Å². The highest BCUT2D eigenvalue weighted by Gasteiger charge is 2.21. The quantitative estimate of drug-likeness (QED) is 0.437. The van der Waals surface area contributed by atoms with Crippen LogP contribution in [-0.4, -0.2) is 6.18 Å². The largest absolute Gasteiger partial charge is 0.409 e. The maximum absolute atomic E-state index is 11.3. The third-order valence-corrected chi connectivity index (χ3v) is 0.730. The molecule has 0 fully saturated rings. The molecule has 0 radical (unpaired) electrons. The summed E-state index contributed by atoms with van der Waals surface area (Å²) >= 11 is 0. The minimum atomic E-state index is -4.24. The van der Waals surface area contributed by atoms with Gasteiger partial charge in [0.2, 0.25) is 0 Å². The Balaban J connectivity index is 3.49. The molecular weight excluding hydrogens is 143 g/mol. The van der Waals surface area contributed by atoms with Gasteiger partial charge in [-0.3, -0.25) is 0 Å². The van der Waals surface area contributed by atoms with E-state index in [0.717, 1.165) is 6.08 Å². The highest BCUT2D eigenvalue weighted by atomic mass is 19.4. The van der Waals surface area contributed by atoms with Crippen molar-refractivity contribution in [3.63, 3.8) is 0 Å². The average molecular weight is 149 g/mol. The molecular formula is C6H6F3N. The van der Waals surface area contributed by atoms with Crippen molar-refractivity contribution in [1.29, 1.82) is 5.26 Å². The molecule has 0 atom stereocenters. The molecule has 0 aromatic rings. The maximum Gasteiger partial charge on any atom is 0.409 e. The molecule has 0 amide bonds. The van der Waals surface area contributed by atoms with E-state index in [0.29, 0.717) is 0 Å². The van der Waals surface area contributed by atoms with Crippen LogP contribution < -0.4 is 0 Å². The number of alkyl halides is 3. The van der Waals surface area contributed by atoms with E-state index < -0.39 is 6.18 Å². The van der Waals surface area contributed by atoms with Crippen LogP contribution >= 0.6 is 0 Å². The molecule has 0 aromatic carbocycles. The Kier molecular flexibility index (Phi) is 3.55. The van der Waals surface area contributed by atoms with Crippen LogP contribution in [0.5, 0.6) is 0 Å². The van der Waals surface area contributed by atoms with Gasteiger partial charge in [-0.15, -0.1) is 0 Å². The highest BCUT2D eigenvalue weighted by Crippen LogP contribution is 2.16. The second-order valence-electron chi connectivity index (χ2n) is 1.64. The fraction of sp³-hybridized carbons (Fsp3) is 0.500. The normalized spacial score (nSPS) is 11.8. The van der Waals surface area contributed by atoms with Crippen molar-refractivity contribution < 1.29 is 13.2 Å². The van der Waals surface area contributed by atoms with Gasteiger partial charge in [0.1, 0.15) is 0 Å². The van der Waals surface area contributed by atoms with Crippen LogP contribution in [0, 0.1) is 11.3 Å². The van der Waals surface area contributed by atoms with Gasteiger partial charge in [-0.25, -0.2) is 0 Å². The summed E-state index contributed by atoms with van der Waals surface area (Å²) in [7, 11) is 0. The first kappa shape index (κ1) is 9.02. The Morgan fingerprint density at radius 1 is 1.40 bits per heavy atom. The molecule has 0 N–H and O–H groups in total. The number of hydrogen-bond acceptors (Lipinski definition) is 1. The van der Waals surface area contributed by atoms with Gasteiger partial charge in [0, 0.05) is 12.5 Å². The summed E-state index contributed by atoms with van der Waals surface area (Å²) in [5, 5.41) is 7.93. The lowest BCUT2D eigenvalue weighted by atomic mass is 10.3. The van der Waals surface area contributed by atoms with Gasteiger partial charge in [0.25, 0.3) is 0 Å². The zero-order valence-corrected chi connectivity index (χ0v) is 5.15. The van der Waals surface area contributed by atoms with Gasteiger partial charge < -0.3 is 0 Å². The summed E-state index contributed by atoms with van der Waals surface area (Å²) in [5.74, 6) is 0. The van der Waals surface area contributed by atoms with Crippen LogP contribution in [0.25, 0.3) is 0 Å². The van der Waals surface area contributed by atoms with Gasteiger partial charge in [-0.05, 0) is 6.42 Å². The lowest BCUT2D eigenvalue weighted by molar-refractivity contribution is -0.0800. The van der Waals surface area contributed by atoms with Crippen LogP contribution in [0.15, 0.2) is 12.2 Å². The van der Waals surface area contributed by atoms with Crippen molar-refractivity contribution in [2.75, 3.05) is 0 Å². The molecule has 4 heteroatoms. The average Bonchev–Trinajstić information content (AvgIpc) is 1.78. The first-order valence-electron chi connectivity index (χ1n) is 2.67. The molecule has 0 spiro atoms. The topological polar surface area (TPSA) is 23.8 Å². The lowest BCUT2D eigenvalue weighted by Gasteiger charge is -1.95. The monoisotopic (exact) mass is 149 g/mol. The highest BCUT2D eigenvalue weighted by molar-refractivity contribution is 4.90. The fourth-order valence-corrected chi connectivity index (χ4v) is 0.365. The van der Waals surface area contributed by atoms with Crippen LogP contribution in [0.2, 0.25) is 0 Å². The Labute approximate surface area is 56.8 Å². The predicted octanol–water partition coefficient (Wildman–Crippen LogP) is 2.41. The van der Waals surface area contributed by atoms with Crippen molar-refractivity contribution in [2.45, 2.75) is 19.0 Å². The summed E-state index contributed by atoms with van der Waals surface area (Å²) in [6.07, 6.45) is -2.86. The van der Waals surface area contributed by atoms with E-state index in [1.165, 1.54) is 0 Å². The van der Waals surface area contributed by atoms with Gasteiger partial charge >= 0.3 is 6.18 Å². The zero-order chi connectivity index (χ0) is 8.04. The van der Waals surface area contributed by atoms with E-state index in [2.05, 4.69) is 0 Å². The summed E-state index contributed by atoms with van der Waals surface area (Å²) < 4.78 is 33.9. The number of rotatable bonds is 2. The molecule has 0 rings (SSSR count). The Bertz CT molecular complexity index is 151. The van der Waals surface area contributed by atoms with Gasteiger partial charge in [-0.1, -0.05) is 6.08 Å². The first-order chi connectivity index (χ1) is 4.56. The number of allylic oxidation sites excluding steroid dienone is 2. The molecule has 0 aliphatic heterocycles. The SMILES string of the molecule is N#CCCC=CC(F)(F)F. The first-order valence-corrected chi connectivity index (χ1v) is 2.67. The molecule has 56 valence electrons. The summed E-state index contributed by atoms with van der Waals surface area (Å²) in [5.41, 5.74) is 0. The fourth-order valence-electron chi connectivity index (χ4n) is 0.365. The van der Waals surface area contributed by atoms with E-state index in [1.807, 2.05) is 0 Å². The standard InChI is InChI=1S/C6H6F3N/c7-6(8,9)4-2-1-3-5-10/h2,4H,1,3H2. The molecule has 1 nitrogen and oxygen atoms in total. The number of unbranched alkanes of at least 4 members (excludes halogenated alkanes) is 1. The smallest absolute Gasteiger partial charge is 0.198 e. The molecule has 0 saturated carbocycles. The van der Waals surface area contributed by atoms with Crippen LogP contribution in [-0.2, 0) is 0 Å². The molecule has 0 bridgehead atoms. The van der Waals surface area contributed by atoms with Gasteiger partial charge in [0.05, 0.1) is 6.07 Å². The molecule has 0 unspecified atom stereocenters. The lowest BCUT2D eigenvalue weighted by Crippen LogP contribution is -2.00. The van der Waals surface area contributed by atoms with Crippen molar-refractivity contribution in [1.82, 2.24) is 0 Å². The van der Waals surface area contributed by atoms with Crippen LogP contribution in [0.1, 0.15) is 12.8 Å². The second-order valence-corrected chi connectivity index (χ2v) is 1.64. The number of nitriles is 1. The predicted molar refractivity (Wildman–Crippen MR) is 30.0 cm³/mol. The van der Waals surface area contributed by atoms with Crippen LogP contribution in [0.3, 0.4) is 0 Å². The summed E-state index contributed by atoms with van der Waals surface area (Å²) in [6, 6.07) is 1.74. The number of hydrogen-bond donors (Lipinski definition) is 0. The number of halogens is 3. The molecule has 10 heavy (non-hydrogen) atoms. The maximum atomic E-state index is 11.3.